The summed E-state index contributed by atoms with van der Waals surface area (Å²) in [7, 11) is 0. The van der Waals surface area contributed by atoms with E-state index in [2.05, 4.69) is 4.98 Å². The van der Waals surface area contributed by atoms with Gasteiger partial charge in [0.2, 0.25) is 6.41 Å². The lowest BCUT2D eigenvalue weighted by Crippen LogP contribution is -2.32. The van der Waals surface area contributed by atoms with E-state index in [0.717, 1.165) is 0 Å². The number of thiazole rings is 1. The molecule has 0 fully saturated rings. The third-order valence-corrected chi connectivity index (χ3v) is 2.58. The lowest BCUT2D eigenvalue weighted by Gasteiger charge is -2.21. The third kappa shape index (κ3) is 2.08. The molecule has 6 heteroatoms. The minimum absolute atomic E-state index is 0.347. The summed E-state index contributed by atoms with van der Waals surface area (Å²) in [5.74, 6) is -1.06. The molecule has 1 rings (SSSR count). The normalized spacial score (nSPS) is 12.1. The number of rotatable bonds is 5. The molecule has 1 N–H and O–H groups in total. The largest absolute Gasteiger partial charge is 0.479 e. The molecule has 1 atom stereocenters. The van der Waals surface area contributed by atoms with Gasteiger partial charge >= 0.3 is 5.97 Å². The highest BCUT2D eigenvalue weighted by Gasteiger charge is 2.27. The van der Waals surface area contributed by atoms with Crippen LogP contribution < -0.4 is 0 Å². The van der Waals surface area contributed by atoms with Crippen molar-refractivity contribution in [2.45, 2.75) is 13.0 Å². The first-order valence-corrected chi connectivity index (χ1v) is 4.92. The fraction of sp³-hybridized carbons (Fsp3) is 0.375. The van der Waals surface area contributed by atoms with Crippen molar-refractivity contribution < 1.29 is 14.7 Å². The van der Waals surface area contributed by atoms with E-state index < -0.39 is 12.0 Å². The van der Waals surface area contributed by atoms with Gasteiger partial charge < -0.3 is 10.0 Å². The van der Waals surface area contributed by atoms with Crippen LogP contribution in [0, 0.1) is 0 Å². The second-order valence-electron chi connectivity index (χ2n) is 2.55. The van der Waals surface area contributed by atoms with Gasteiger partial charge in [0.15, 0.2) is 6.04 Å². The minimum atomic E-state index is -1.06. The van der Waals surface area contributed by atoms with Crippen molar-refractivity contribution in [3.63, 3.8) is 0 Å². The molecule has 1 unspecified atom stereocenters. The Bertz CT molecular complexity index is 312. The first-order valence-electron chi connectivity index (χ1n) is 4.04. The molecule has 0 saturated heterocycles. The van der Waals surface area contributed by atoms with Gasteiger partial charge in [-0.05, 0) is 6.92 Å². The maximum atomic E-state index is 10.9. The van der Waals surface area contributed by atoms with Crippen LogP contribution in [-0.2, 0) is 9.59 Å². The smallest absolute Gasteiger partial charge is 0.333 e. The molecule has 0 saturated carbocycles. The van der Waals surface area contributed by atoms with Gasteiger partial charge in [-0.25, -0.2) is 9.78 Å². The number of carboxylic acids is 1. The number of hydrogen-bond acceptors (Lipinski definition) is 4. The molecule has 14 heavy (non-hydrogen) atoms. The zero-order valence-electron chi connectivity index (χ0n) is 7.58. The van der Waals surface area contributed by atoms with Crippen molar-refractivity contribution in [3.8, 4) is 0 Å². The van der Waals surface area contributed by atoms with Crippen molar-refractivity contribution in [1.29, 1.82) is 0 Å². The number of aliphatic carboxylic acids is 1. The lowest BCUT2D eigenvalue weighted by atomic mass is 10.3. The zero-order valence-corrected chi connectivity index (χ0v) is 8.40. The summed E-state index contributed by atoms with van der Waals surface area (Å²) in [6.07, 6.45) is 2.05. The number of nitrogens with zero attached hydrogens (tertiary/aromatic N) is 2. The predicted molar refractivity (Wildman–Crippen MR) is 50.9 cm³/mol. The number of carboxylic acid groups (broad SMARTS) is 1. The highest BCUT2D eigenvalue weighted by atomic mass is 32.1. The summed E-state index contributed by atoms with van der Waals surface area (Å²) in [5.41, 5.74) is 0. The highest BCUT2D eigenvalue weighted by molar-refractivity contribution is 7.09. The van der Waals surface area contributed by atoms with Crippen LogP contribution in [0.15, 0.2) is 11.6 Å². The van der Waals surface area contributed by atoms with Crippen LogP contribution in [0.4, 0.5) is 0 Å². The van der Waals surface area contributed by atoms with Gasteiger partial charge in [-0.2, -0.15) is 0 Å². The van der Waals surface area contributed by atoms with Gasteiger partial charge in [0, 0.05) is 18.1 Å². The topological polar surface area (TPSA) is 70.5 Å². The molecule has 0 aliphatic heterocycles. The Kier molecular flexibility index (Phi) is 3.58. The molecule has 0 spiro atoms. The summed E-state index contributed by atoms with van der Waals surface area (Å²) < 4.78 is 0. The second kappa shape index (κ2) is 4.71. The fourth-order valence-electron chi connectivity index (χ4n) is 1.08. The quantitative estimate of drug-likeness (QED) is 0.734. The van der Waals surface area contributed by atoms with Crippen molar-refractivity contribution in [2.75, 3.05) is 6.54 Å². The van der Waals surface area contributed by atoms with Crippen molar-refractivity contribution in [1.82, 2.24) is 9.88 Å². The minimum Gasteiger partial charge on any atom is -0.479 e. The van der Waals surface area contributed by atoms with E-state index in [1.54, 1.807) is 12.3 Å². The monoisotopic (exact) mass is 214 g/mol. The number of carbonyl (C=O) groups excluding carboxylic acids is 1. The standard InChI is InChI=1S/C8H10N2O3S/c1-2-10(5-11)6(8(12)13)7-9-3-4-14-7/h3-6H,2H2,1H3,(H,12,13). The first kappa shape index (κ1) is 10.6. The Morgan fingerprint density at radius 3 is 2.93 bits per heavy atom. The zero-order chi connectivity index (χ0) is 10.6. The molecular formula is C8H10N2O3S. The molecule has 1 aromatic rings. The van der Waals surface area contributed by atoms with E-state index in [1.165, 1.54) is 22.4 Å². The number of aromatic nitrogens is 1. The molecule has 0 aliphatic rings. The molecule has 1 amide bonds. The average Bonchev–Trinajstić information content (AvgIpc) is 2.65. The van der Waals surface area contributed by atoms with E-state index in [4.69, 9.17) is 5.11 Å². The molecule has 0 aliphatic carbocycles. The Balaban J connectivity index is 2.95. The van der Waals surface area contributed by atoms with Gasteiger partial charge in [0.1, 0.15) is 5.01 Å². The van der Waals surface area contributed by atoms with Crippen LogP contribution in [0.25, 0.3) is 0 Å². The maximum absolute atomic E-state index is 10.9. The second-order valence-corrected chi connectivity index (χ2v) is 3.47. The Labute approximate surface area is 85.0 Å². The molecule has 5 nitrogen and oxygen atoms in total. The van der Waals surface area contributed by atoms with Crippen LogP contribution >= 0.6 is 11.3 Å². The molecule has 0 bridgehead atoms. The van der Waals surface area contributed by atoms with Crippen molar-refractivity contribution >= 4 is 23.7 Å². The maximum Gasteiger partial charge on any atom is 0.333 e. The van der Waals surface area contributed by atoms with Crippen LogP contribution in [0.2, 0.25) is 0 Å². The molecule has 0 aromatic carbocycles. The number of carbonyl (C=O) groups is 2. The van der Waals surface area contributed by atoms with Crippen LogP contribution in [0.1, 0.15) is 18.0 Å². The summed E-state index contributed by atoms with van der Waals surface area (Å²) in [6.45, 7) is 2.07. The number of likely N-dealkylation sites (N-methyl/N-ethyl adjacent to an activating group) is 1. The molecule has 1 aromatic heterocycles. The molecule has 76 valence electrons. The van der Waals surface area contributed by atoms with E-state index in [9.17, 15) is 9.59 Å². The van der Waals surface area contributed by atoms with Gasteiger partial charge in [-0.15, -0.1) is 11.3 Å². The first-order chi connectivity index (χ1) is 6.70. The van der Waals surface area contributed by atoms with Crippen LogP contribution in [0.5, 0.6) is 0 Å². The van der Waals surface area contributed by atoms with Gasteiger partial charge in [0.05, 0.1) is 0 Å². The summed E-state index contributed by atoms with van der Waals surface area (Å²) >= 11 is 1.23. The van der Waals surface area contributed by atoms with Crippen molar-refractivity contribution in [2.24, 2.45) is 0 Å². The van der Waals surface area contributed by atoms with Gasteiger partial charge in [-0.1, -0.05) is 0 Å². The Morgan fingerprint density at radius 2 is 2.57 bits per heavy atom. The SMILES string of the molecule is CCN(C=O)C(C(=O)O)c1nccs1. The van der Waals surface area contributed by atoms with E-state index in [0.29, 0.717) is 18.0 Å². The molecule has 1 heterocycles. The molecule has 0 radical (unpaired) electrons. The highest BCUT2D eigenvalue weighted by Crippen LogP contribution is 2.21. The van der Waals surface area contributed by atoms with E-state index in [1.807, 2.05) is 0 Å². The Hall–Kier alpha value is -1.43. The molecular weight excluding hydrogens is 204 g/mol. The number of hydrogen-bond donors (Lipinski definition) is 1. The average molecular weight is 214 g/mol. The Morgan fingerprint density at radius 1 is 1.86 bits per heavy atom. The summed E-state index contributed by atoms with van der Waals surface area (Å²) in [4.78, 5) is 26.6. The van der Waals surface area contributed by atoms with Gasteiger partial charge in [-0.3, -0.25) is 4.79 Å². The predicted octanol–water partition coefficient (Wildman–Crippen LogP) is 0.747. The summed E-state index contributed by atoms with van der Waals surface area (Å²) in [6, 6.07) is -0.961. The lowest BCUT2D eigenvalue weighted by molar-refractivity contribution is -0.146. The number of amides is 1. The van der Waals surface area contributed by atoms with E-state index >= 15 is 0 Å². The van der Waals surface area contributed by atoms with E-state index in [-0.39, 0.29) is 0 Å². The van der Waals surface area contributed by atoms with Crippen molar-refractivity contribution in [3.05, 3.63) is 16.6 Å². The fourth-order valence-corrected chi connectivity index (χ4v) is 1.82. The van der Waals surface area contributed by atoms with Crippen LogP contribution in [-0.4, -0.2) is 33.9 Å². The third-order valence-electron chi connectivity index (χ3n) is 1.75. The van der Waals surface area contributed by atoms with Gasteiger partial charge in [0.25, 0.3) is 0 Å². The van der Waals surface area contributed by atoms with Crippen LogP contribution in [0.3, 0.4) is 0 Å². The summed E-state index contributed by atoms with van der Waals surface area (Å²) in [5, 5.41) is 11.1.